The molecule has 57 heavy (non-hydrogen) atoms. The molecule has 5 N–H and O–H groups in total. The van der Waals surface area contributed by atoms with E-state index in [1.54, 1.807) is 71.0 Å². The van der Waals surface area contributed by atoms with Gasteiger partial charge in [0, 0.05) is 61.2 Å². The number of allylic oxidation sites excluding steroid dienone is 2. The number of fused-ring (bicyclic) bond motifs is 2. The summed E-state index contributed by atoms with van der Waals surface area (Å²) < 4.78 is 23.7. The summed E-state index contributed by atoms with van der Waals surface area (Å²) >= 11 is 0. The molecule has 2 aliphatic heterocycles. The lowest BCUT2D eigenvalue weighted by molar-refractivity contribution is -0.160. The van der Waals surface area contributed by atoms with Gasteiger partial charge in [0.25, 0.3) is 11.7 Å². The zero-order valence-electron chi connectivity index (χ0n) is 33.4. The van der Waals surface area contributed by atoms with E-state index >= 15 is 0 Å². The molecule has 4 bridgehead atoms. The van der Waals surface area contributed by atoms with Gasteiger partial charge in [-0.1, -0.05) is 58.1 Å². The molecule has 6 rings (SSSR count). The highest BCUT2D eigenvalue weighted by atomic mass is 16.7. The molecule has 9 atom stereocenters. The molecule has 14 heteroatoms. The van der Waals surface area contributed by atoms with Gasteiger partial charge in [0.2, 0.25) is 0 Å². The Bertz CT molecular complexity index is 2430. The number of aliphatic hydroxyl groups is 2. The number of nitrogens with zero attached hydrogens (tertiary/aromatic N) is 1. The molecule has 3 aromatic carbocycles. The number of hydrogen-bond donors (Lipinski definition) is 5. The molecular formula is C43H49N3O11. The van der Waals surface area contributed by atoms with Crippen molar-refractivity contribution in [2.75, 3.05) is 12.4 Å². The molecule has 0 saturated carbocycles. The number of aromatic hydroxyl groups is 1. The second-order valence-electron chi connectivity index (χ2n) is 15.3. The molecule has 2 aliphatic rings. The molecule has 0 unspecified atom stereocenters. The number of esters is 1. The molecule has 14 nitrogen and oxygen atoms in total. The summed E-state index contributed by atoms with van der Waals surface area (Å²) in [7, 11) is 1.45. The van der Waals surface area contributed by atoms with Gasteiger partial charge in [-0.25, -0.2) is 4.98 Å². The summed E-state index contributed by atoms with van der Waals surface area (Å²) in [5, 5.41) is 37.3. The number of anilines is 1. The maximum absolute atomic E-state index is 14.5. The number of aliphatic hydroxyl groups excluding tert-OH is 2. The van der Waals surface area contributed by atoms with Crippen LogP contribution in [0.15, 0.2) is 65.2 Å². The molecule has 0 radical (unpaired) electrons. The van der Waals surface area contributed by atoms with Crippen LogP contribution in [-0.4, -0.2) is 80.3 Å². The fourth-order valence-corrected chi connectivity index (χ4v) is 7.87. The predicted molar refractivity (Wildman–Crippen MR) is 214 cm³/mol. The predicted octanol–water partition coefficient (Wildman–Crippen LogP) is 5.73. The second-order valence-corrected chi connectivity index (χ2v) is 15.3. The van der Waals surface area contributed by atoms with E-state index in [-0.39, 0.29) is 49.9 Å². The van der Waals surface area contributed by atoms with E-state index in [0.717, 1.165) is 0 Å². The van der Waals surface area contributed by atoms with E-state index in [1.807, 2.05) is 0 Å². The van der Waals surface area contributed by atoms with Crippen LogP contribution in [0.25, 0.3) is 32.8 Å². The number of aromatic amines is 1. The Kier molecular flexibility index (Phi) is 11.4. The third kappa shape index (κ3) is 7.28. The van der Waals surface area contributed by atoms with Gasteiger partial charge in [-0.3, -0.25) is 19.2 Å². The van der Waals surface area contributed by atoms with Gasteiger partial charge in [-0.2, -0.15) is 0 Å². The molecule has 0 spiro atoms. The zero-order chi connectivity index (χ0) is 41.7. The van der Waals surface area contributed by atoms with Gasteiger partial charge in [0.15, 0.2) is 11.2 Å². The van der Waals surface area contributed by atoms with E-state index in [9.17, 15) is 34.5 Å². The maximum atomic E-state index is 14.5. The maximum Gasteiger partial charge on any atom is 0.312 e. The summed E-state index contributed by atoms with van der Waals surface area (Å²) in [5.41, 5.74) is 0.736. The number of hydrogen-bond acceptors (Lipinski definition) is 12. The number of para-hydroxylation sites is 2. The number of ether oxygens (including phenoxy) is 4. The van der Waals surface area contributed by atoms with E-state index in [2.05, 4.69) is 10.3 Å². The fraction of sp³-hybridized carbons (Fsp3) is 0.419. The van der Waals surface area contributed by atoms with Crippen LogP contribution in [-0.2, 0) is 23.8 Å². The average Bonchev–Trinajstić information content (AvgIpc) is 3.45. The number of amides is 1. The first-order chi connectivity index (χ1) is 26.9. The molecular weight excluding hydrogens is 734 g/mol. The van der Waals surface area contributed by atoms with Gasteiger partial charge < -0.3 is 44.6 Å². The van der Waals surface area contributed by atoms with Crippen molar-refractivity contribution >= 4 is 56.2 Å². The highest BCUT2D eigenvalue weighted by Crippen LogP contribution is 2.47. The number of carbonyl (C=O) groups is 3. The molecule has 3 heterocycles. The van der Waals surface area contributed by atoms with Crippen molar-refractivity contribution in [1.82, 2.24) is 9.97 Å². The van der Waals surface area contributed by atoms with Crippen LogP contribution >= 0.6 is 0 Å². The topological polar surface area (TPSA) is 207 Å². The lowest BCUT2D eigenvalue weighted by atomic mass is 9.78. The number of carbonyl (C=O) groups excluding carboxylic acids is 3. The molecule has 1 amide bonds. The Hall–Kier alpha value is -5.57. The van der Waals surface area contributed by atoms with Crippen molar-refractivity contribution in [3.63, 3.8) is 0 Å². The van der Waals surface area contributed by atoms with Crippen LogP contribution in [0, 0.1) is 30.6 Å². The van der Waals surface area contributed by atoms with Gasteiger partial charge in [0.1, 0.15) is 17.5 Å². The van der Waals surface area contributed by atoms with Crippen LogP contribution in [0.3, 0.4) is 0 Å². The SMILES string of the molecule is CO[C@H]1C=CO[C@@]2(C)Oc3c(C)c(=O)c4c(O)c(c5[nH]c6ccccc6nc5c4c3C2=O)NC(=O)/C(C)=C\C=C/[C@H](C)[C@H](O)[C@@H](C)[C@@H](O)[C@@H](C)[C@H](OC(C)=O)[C@@H]1C. The molecule has 4 aromatic rings. The van der Waals surface area contributed by atoms with Crippen LogP contribution < -0.4 is 15.5 Å². The molecule has 0 aliphatic carbocycles. The standard InChI is InChI=1S/C43H49N3O11/c1-19-13-12-14-20(2)42(53)46-34-33-32(44-26-15-10-11-16-27(26)45-33)29-30(38(34)51)37(50)24(6)40-31(29)41(52)43(8,57-40)55-18-17-28(54-9)21(3)39(56-25(7)47)23(5)36(49)22(4)35(19)48/h10-19,21-23,28,35-36,39,45,48-49,51H,1-9H3,(H,46,53)/b13-12-,18-17?,20-14-/t19-,21+,22+,23+,28-,35-,36+,39+,43-/m0/s1. The number of phenolic OH excluding ortho intramolecular Hbond substituents is 1. The van der Waals surface area contributed by atoms with E-state index < -0.39 is 82.7 Å². The number of ketones is 1. The van der Waals surface area contributed by atoms with Gasteiger partial charge in [-0.05, 0) is 32.1 Å². The van der Waals surface area contributed by atoms with Crippen LogP contribution in [0.4, 0.5) is 5.69 Å². The minimum absolute atomic E-state index is 0.0148. The summed E-state index contributed by atoms with van der Waals surface area (Å²) in [6.07, 6.45) is 3.76. The third-order valence-electron chi connectivity index (χ3n) is 11.4. The van der Waals surface area contributed by atoms with Crippen molar-refractivity contribution in [1.29, 1.82) is 0 Å². The Balaban J connectivity index is 1.58. The molecule has 302 valence electrons. The minimum atomic E-state index is -1.99. The van der Waals surface area contributed by atoms with Gasteiger partial charge >= 0.3 is 11.8 Å². The van der Waals surface area contributed by atoms with E-state index in [0.29, 0.717) is 11.0 Å². The average molecular weight is 784 g/mol. The molecule has 0 fully saturated rings. The first kappa shape index (κ1) is 41.1. The zero-order valence-corrected chi connectivity index (χ0v) is 33.4. The van der Waals surface area contributed by atoms with Crippen molar-refractivity contribution in [3.05, 3.63) is 81.8 Å². The molecule has 0 saturated heterocycles. The van der Waals surface area contributed by atoms with Gasteiger partial charge in [0.05, 0.1) is 57.6 Å². The normalized spacial score (nSPS) is 30.2. The Morgan fingerprint density at radius 1 is 0.965 bits per heavy atom. The van der Waals surface area contributed by atoms with Crippen LogP contribution in [0.2, 0.25) is 0 Å². The van der Waals surface area contributed by atoms with Crippen LogP contribution in [0.1, 0.15) is 64.4 Å². The Labute approximate surface area is 329 Å². The third-order valence-corrected chi connectivity index (χ3v) is 11.4. The van der Waals surface area contributed by atoms with E-state index in [4.69, 9.17) is 23.9 Å². The summed E-state index contributed by atoms with van der Waals surface area (Å²) in [6, 6.07) is 7.05. The first-order valence-electron chi connectivity index (χ1n) is 18.9. The van der Waals surface area contributed by atoms with Crippen molar-refractivity contribution in [3.8, 4) is 11.5 Å². The summed E-state index contributed by atoms with van der Waals surface area (Å²) in [4.78, 5) is 62.8. The highest BCUT2D eigenvalue weighted by Gasteiger charge is 2.49. The lowest BCUT2D eigenvalue weighted by Crippen LogP contribution is -2.46. The second kappa shape index (κ2) is 15.8. The highest BCUT2D eigenvalue weighted by molar-refractivity contribution is 6.27. The Morgan fingerprint density at radius 3 is 2.35 bits per heavy atom. The smallest absolute Gasteiger partial charge is 0.312 e. The number of aromatic nitrogens is 2. The quantitative estimate of drug-likeness (QED) is 0.0715. The monoisotopic (exact) mass is 783 g/mol. The van der Waals surface area contributed by atoms with E-state index in [1.165, 1.54) is 46.3 Å². The number of phenols is 1. The first-order valence-corrected chi connectivity index (χ1v) is 18.9. The molecule has 1 aromatic heterocycles. The number of H-pyrrole nitrogens is 1. The lowest BCUT2D eigenvalue weighted by Gasteiger charge is -2.38. The number of nitrogens with one attached hydrogen (secondary N) is 2. The fourth-order valence-electron chi connectivity index (χ4n) is 7.87. The number of benzene rings is 3. The van der Waals surface area contributed by atoms with Crippen LogP contribution in [0.5, 0.6) is 11.5 Å². The van der Waals surface area contributed by atoms with Crippen molar-refractivity contribution < 1.29 is 48.7 Å². The van der Waals surface area contributed by atoms with Crippen molar-refractivity contribution in [2.45, 2.75) is 85.6 Å². The minimum Gasteiger partial charge on any atom is -0.505 e. The Morgan fingerprint density at radius 2 is 1.67 bits per heavy atom. The number of methoxy groups -OCH3 is 1. The largest absolute Gasteiger partial charge is 0.505 e. The van der Waals surface area contributed by atoms with Crippen molar-refractivity contribution in [2.24, 2.45) is 23.7 Å². The van der Waals surface area contributed by atoms with Gasteiger partial charge in [-0.15, -0.1) is 0 Å². The number of Topliss-reactive ketones (excluding diaryl/α,β-unsaturated/α-hetero) is 1. The summed E-state index contributed by atoms with van der Waals surface area (Å²) in [5.74, 6) is -6.89. The number of rotatable bonds is 2. The summed E-state index contributed by atoms with van der Waals surface area (Å²) in [6.45, 7) is 12.6.